The van der Waals surface area contributed by atoms with Crippen LogP contribution in [0.5, 0.6) is 0 Å². The molecule has 1 unspecified atom stereocenters. The number of carbonyl (C=O) groups excluding carboxylic acids is 3. The highest BCUT2D eigenvalue weighted by atomic mass is 16.5. The van der Waals surface area contributed by atoms with Crippen molar-refractivity contribution in [2.24, 2.45) is 17.3 Å². The van der Waals surface area contributed by atoms with Gasteiger partial charge in [-0.25, -0.2) is 5.06 Å². The maximum absolute atomic E-state index is 13.6. The maximum Gasteiger partial charge on any atom is 0.245 e. The van der Waals surface area contributed by atoms with Crippen LogP contribution in [-0.4, -0.2) is 77.1 Å². The van der Waals surface area contributed by atoms with E-state index >= 15 is 0 Å². The van der Waals surface area contributed by atoms with E-state index in [0.717, 1.165) is 31.2 Å². The molecule has 37 heavy (non-hydrogen) atoms. The third kappa shape index (κ3) is 8.01. The fourth-order valence-electron chi connectivity index (χ4n) is 5.41. The van der Waals surface area contributed by atoms with Crippen LogP contribution < -0.4 is 5.32 Å². The number of hydrogen-bond donors (Lipinski definition) is 2. The van der Waals surface area contributed by atoms with E-state index < -0.39 is 17.4 Å². The molecular weight excluding hydrogens is 470 g/mol. The van der Waals surface area contributed by atoms with Crippen LogP contribution in [0.2, 0.25) is 0 Å². The highest BCUT2D eigenvalue weighted by Gasteiger charge is 2.38. The molecule has 9 nitrogen and oxygen atoms in total. The number of hydroxylamine groups is 2. The Hall–Kier alpha value is -2.96. The van der Waals surface area contributed by atoms with Crippen LogP contribution in [0.4, 0.5) is 0 Å². The molecule has 0 bridgehead atoms. The second-order valence-electron chi connectivity index (χ2n) is 11.5. The van der Waals surface area contributed by atoms with Crippen LogP contribution in [0, 0.1) is 28.6 Å². The average molecular weight is 512 g/mol. The Morgan fingerprint density at radius 1 is 1.19 bits per heavy atom. The molecule has 0 spiro atoms. The summed E-state index contributed by atoms with van der Waals surface area (Å²) in [6.07, 6.45) is 5.25. The van der Waals surface area contributed by atoms with Gasteiger partial charge in [-0.3, -0.25) is 24.5 Å². The number of amides is 3. The molecule has 1 aromatic carbocycles. The number of nitriles is 1. The summed E-state index contributed by atoms with van der Waals surface area (Å²) in [4.78, 5) is 42.1. The molecule has 0 radical (unpaired) electrons. The van der Waals surface area contributed by atoms with Crippen molar-refractivity contribution in [3.63, 3.8) is 0 Å². The average Bonchev–Trinajstić information content (AvgIpc) is 3.39. The van der Waals surface area contributed by atoms with E-state index in [1.807, 2.05) is 45.0 Å². The molecule has 1 saturated heterocycles. The van der Waals surface area contributed by atoms with Crippen molar-refractivity contribution in [2.45, 2.75) is 65.5 Å². The molecule has 202 valence electrons. The van der Waals surface area contributed by atoms with Gasteiger partial charge in [0, 0.05) is 32.7 Å². The molecule has 2 N–H and O–H groups in total. The van der Waals surface area contributed by atoms with E-state index in [1.54, 1.807) is 4.90 Å². The van der Waals surface area contributed by atoms with Gasteiger partial charge in [0.15, 0.2) is 0 Å². The molecule has 1 aromatic rings. The topological polar surface area (TPSA) is 117 Å². The molecule has 0 aromatic heterocycles. The van der Waals surface area contributed by atoms with Crippen molar-refractivity contribution >= 4 is 18.2 Å². The lowest BCUT2D eigenvalue weighted by Crippen LogP contribution is -2.59. The van der Waals surface area contributed by atoms with E-state index in [-0.39, 0.29) is 18.4 Å². The van der Waals surface area contributed by atoms with Crippen LogP contribution in [0.1, 0.15) is 64.0 Å². The van der Waals surface area contributed by atoms with Crippen molar-refractivity contribution in [1.82, 2.24) is 20.2 Å². The Labute approximate surface area is 220 Å². The lowest BCUT2D eigenvalue weighted by atomic mass is 9.84. The number of nitrogens with one attached hydrogen (secondary N) is 1. The number of hydrogen-bond acceptors (Lipinski definition) is 6. The predicted octanol–water partition coefficient (Wildman–Crippen LogP) is 2.78. The van der Waals surface area contributed by atoms with Crippen molar-refractivity contribution in [1.29, 1.82) is 5.26 Å². The van der Waals surface area contributed by atoms with E-state index in [0.29, 0.717) is 62.1 Å². The summed E-state index contributed by atoms with van der Waals surface area (Å²) in [6.45, 7) is 8.80. The van der Waals surface area contributed by atoms with E-state index in [4.69, 9.17) is 0 Å². The summed E-state index contributed by atoms with van der Waals surface area (Å²) < 4.78 is 0. The van der Waals surface area contributed by atoms with Gasteiger partial charge in [-0.1, -0.05) is 64.7 Å². The number of nitrogens with zero attached hydrogens (tertiary/aromatic N) is 4. The zero-order chi connectivity index (χ0) is 27.0. The number of piperazine rings is 1. The zero-order valence-corrected chi connectivity index (χ0v) is 22.4. The summed E-state index contributed by atoms with van der Waals surface area (Å²) in [5, 5.41) is 22.7. The number of benzene rings is 1. The van der Waals surface area contributed by atoms with Gasteiger partial charge in [0.1, 0.15) is 6.04 Å². The third-order valence-corrected chi connectivity index (χ3v) is 7.61. The molecular formula is C28H41N5O4. The van der Waals surface area contributed by atoms with Crippen LogP contribution >= 0.6 is 0 Å². The van der Waals surface area contributed by atoms with Crippen molar-refractivity contribution in [3.8, 4) is 6.07 Å². The summed E-state index contributed by atoms with van der Waals surface area (Å²) in [7, 11) is 0. The quantitative estimate of drug-likeness (QED) is 0.283. The minimum atomic E-state index is -0.722. The molecule has 1 aliphatic heterocycles. The molecule has 9 heteroatoms. The van der Waals surface area contributed by atoms with Gasteiger partial charge in [-0.2, -0.15) is 5.26 Å². The Balaban J connectivity index is 1.63. The van der Waals surface area contributed by atoms with Crippen LogP contribution in [0.3, 0.4) is 0 Å². The Kier molecular flexibility index (Phi) is 10.1. The molecule has 1 heterocycles. The second-order valence-corrected chi connectivity index (χ2v) is 11.5. The lowest BCUT2D eigenvalue weighted by Gasteiger charge is -2.40. The molecule has 2 aliphatic rings. The van der Waals surface area contributed by atoms with Gasteiger partial charge in [-0.05, 0) is 29.4 Å². The summed E-state index contributed by atoms with van der Waals surface area (Å²) in [5.41, 5.74) is 1.13. The minimum Gasteiger partial charge on any atom is -0.344 e. The van der Waals surface area contributed by atoms with Crippen molar-refractivity contribution in [2.75, 3.05) is 32.7 Å². The van der Waals surface area contributed by atoms with Crippen LogP contribution in [0.15, 0.2) is 24.3 Å². The Morgan fingerprint density at radius 2 is 1.84 bits per heavy atom. The van der Waals surface area contributed by atoms with E-state index in [1.165, 1.54) is 0 Å². The van der Waals surface area contributed by atoms with Gasteiger partial charge in [0.2, 0.25) is 18.2 Å². The summed E-state index contributed by atoms with van der Waals surface area (Å²) >= 11 is 0. The molecule has 1 aliphatic carbocycles. The highest BCUT2D eigenvalue weighted by molar-refractivity contribution is 5.89. The van der Waals surface area contributed by atoms with Gasteiger partial charge in [-0.15, -0.1) is 0 Å². The molecule has 2 atom stereocenters. The smallest absolute Gasteiger partial charge is 0.245 e. The maximum atomic E-state index is 13.6. The highest BCUT2D eigenvalue weighted by Crippen LogP contribution is 2.31. The van der Waals surface area contributed by atoms with Gasteiger partial charge < -0.3 is 10.2 Å². The van der Waals surface area contributed by atoms with Gasteiger partial charge in [0.05, 0.1) is 24.1 Å². The molecule has 1 saturated carbocycles. The molecule has 3 amide bonds. The number of carbonyl (C=O) groups is 3. The Morgan fingerprint density at radius 3 is 2.43 bits per heavy atom. The van der Waals surface area contributed by atoms with Crippen molar-refractivity contribution in [3.05, 3.63) is 35.4 Å². The first-order valence-corrected chi connectivity index (χ1v) is 13.3. The lowest BCUT2D eigenvalue weighted by molar-refractivity contribution is -0.156. The third-order valence-electron chi connectivity index (χ3n) is 7.61. The minimum absolute atomic E-state index is 0.0836. The first-order valence-electron chi connectivity index (χ1n) is 13.3. The SMILES string of the molecule is CC(C)(C)[C@H](NC(=O)C(CC1CCCC1)CN(O)C=O)C(=O)N1CCN(Cc2ccccc2C#N)CC1. The van der Waals surface area contributed by atoms with Crippen LogP contribution in [0.25, 0.3) is 0 Å². The normalized spacial score (nSPS) is 18.6. The van der Waals surface area contributed by atoms with Gasteiger partial charge in [0.25, 0.3) is 0 Å². The monoisotopic (exact) mass is 511 g/mol. The van der Waals surface area contributed by atoms with Crippen molar-refractivity contribution < 1.29 is 19.6 Å². The van der Waals surface area contributed by atoms with E-state index in [9.17, 15) is 24.9 Å². The first-order chi connectivity index (χ1) is 17.6. The largest absolute Gasteiger partial charge is 0.344 e. The molecule has 3 rings (SSSR count). The predicted molar refractivity (Wildman–Crippen MR) is 139 cm³/mol. The molecule has 2 fully saturated rings. The Bertz CT molecular complexity index is 972. The fourth-order valence-corrected chi connectivity index (χ4v) is 5.41. The second kappa shape index (κ2) is 13.0. The first kappa shape index (κ1) is 28.6. The van der Waals surface area contributed by atoms with Gasteiger partial charge >= 0.3 is 0 Å². The summed E-state index contributed by atoms with van der Waals surface area (Å²) in [6, 6.07) is 9.08. The number of rotatable bonds is 10. The zero-order valence-electron chi connectivity index (χ0n) is 22.4. The van der Waals surface area contributed by atoms with Crippen LogP contribution in [-0.2, 0) is 20.9 Å². The fraction of sp³-hybridized carbons (Fsp3) is 0.643. The standard InChI is InChI=1S/C28H41N5O4/c1-28(2,3)25(30-26(35)24(19-33(37)20-34)16-21-8-4-5-9-21)27(36)32-14-12-31(13-15-32)18-23-11-7-6-10-22(23)17-29/h6-7,10-11,20-21,24-25,37H,4-5,8-9,12-16,18-19H2,1-3H3,(H,30,35)/t24?,25-/m1/s1. The van der Waals surface area contributed by atoms with E-state index in [2.05, 4.69) is 16.3 Å². The summed E-state index contributed by atoms with van der Waals surface area (Å²) in [5.74, 6) is -0.603.